The predicted octanol–water partition coefficient (Wildman–Crippen LogP) is 4.64. The number of anilines is 1. The fraction of sp³-hybridized carbons (Fsp3) is 0.567. The molecule has 36 heavy (non-hydrogen) atoms. The first-order valence-electron chi connectivity index (χ1n) is 13.9. The molecule has 2 aliphatic heterocycles. The normalized spacial score (nSPS) is 30.2. The SMILES string of the molecule is CC(=O)N1CC[C@@H]2CC[C@H](CN(C(=O)C3C4CCCCC43)Cc3ccccc31)N2Cc1ccccn1. The van der Waals surface area contributed by atoms with Gasteiger partial charge in [-0.2, -0.15) is 0 Å². The van der Waals surface area contributed by atoms with E-state index in [9.17, 15) is 9.59 Å². The number of carbonyl (C=O) groups excluding carboxylic acids is 2. The Morgan fingerprint density at radius 1 is 0.917 bits per heavy atom. The molecule has 6 nitrogen and oxygen atoms in total. The minimum absolute atomic E-state index is 0.0682. The molecule has 190 valence electrons. The summed E-state index contributed by atoms with van der Waals surface area (Å²) in [5.74, 6) is 1.80. The van der Waals surface area contributed by atoms with Gasteiger partial charge >= 0.3 is 0 Å². The molecule has 2 unspecified atom stereocenters. The molecule has 1 aromatic carbocycles. The summed E-state index contributed by atoms with van der Waals surface area (Å²) in [7, 11) is 0. The van der Waals surface area contributed by atoms with Gasteiger partial charge in [-0.05, 0) is 67.7 Å². The third-order valence-electron chi connectivity index (χ3n) is 9.24. The maximum atomic E-state index is 14.1. The molecule has 2 bridgehead atoms. The van der Waals surface area contributed by atoms with Gasteiger partial charge < -0.3 is 9.80 Å². The quantitative estimate of drug-likeness (QED) is 0.635. The summed E-state index contributed by atoms with van der Waals surface area (Å²) in [6, 6.07) is 15.0. The molecule has 2 amide bonds. The minimum atomic E-state index is 0.0682. The lowest BCUT2D eigenvalue weighted by atomic mass is 10.0. The second-order valence-electron chi connectivity index (χ2n) is 11.3. The van der Waals surface area contributed by atoms with E-state index >= 15 is 0 Å². The number of rotatable bonds is 3. The Labute approximate surface area is 214 Å². The number of aromatic nitrogens is 1. The van der Waals surface area contributed by atoms with Gasteiger partial charge in [0.05, 0.1) is 5.69 Å². The van der Waals surface area contributed by atoms with Crippen LogP contribution < -0.4 is 4.90 Å². The molecule has 0 radical (unpaired) electrons. The summed E-state index contributed by atoms with van der Waals surface area (Å²) in [4.78, 5) is 38.2. The number of hydrogen-bond donors (Lipinski definition) is 0. The Bertz CT molecular complexity index is 1090. The number of fused-ring (bicyclic) bond motifs is 4. The Hall–Kier alpha value is -2.73. The smallest absolute Gasteiger partial charge is 0.226 e. The molecule has 6 rings (SSSR count). The number of hydrogen-bond acceptors (Lipinski definition) is 4. The Balaban J connectivity index is 1.34. The molecule has 4 aliphatic rings. The lowest BCUT2D eigenvalue weighted by Gasteiger charge is -2.34. The first-order chi connectivity index (χ1) is 17.6. The van der Waals surface area contributed by atoms with Crippen LogP contribution in [0, 0.1) is 17.8 Å². The highest BCUT2D eigenvalue weighted by molar-refractivity contribution is 5.92. The standard InChI is InChI=1S/C30H38N4O2/c1-21(35)33-17-15-24-13-14-25(34(24)19-23-9-6-7-16-31-23)20-32(18-22-8-2-5-12-28(22)33)30(36)29-26-10-3-4-11-27(26)29/h2,5-9,12,16,24-27,29H,3-4,10-11,13-15,17-20H2,1H3/t24-,25+,26?,27?,29?/m0/s1. The highest BCUT2D eigenvalue weighted by Gasteiger charge is 2.56. The van der Waals surface area contributed by atoms with Crippen LogP contribution in [0.25, 0.3) is 0 Å². The van der Waals surface area contributed by atoms with Gasteiger partial charge in [-0.25, -0.2) is 0 Å². The van der Waals surface area contributed by atoms with E-state index in [1.807, 2.05) is 29.3 Å². The number of nitrogens with zero attached hydrogens (tertiary/aromatic N) is 4. The molecule has 1 saturated heterocycles. The summed E-state index contributed by atoms with van der Waals surface area (Å²) in [5.41, 5.74) is 3.12. The second-order valence-corrected chi connectivity index (χ2v) is 11.3. The van der Waals surface area contributed by atoms with Crippen LogP contribution in [-0.2, 0) is 22.7 Å². The summed E-state index contributed by atoms with van der Waals surface area (Å²) >= 11 is 0. The van der Waals surface area contributed by atoms with E-state index in [4.69, 9.17) is 0 Å². The van der Waals surface area contributed by atoms with Crippen LogP contribution in [-0.4, -0.2) is 51.8 Å². The van der Waals surface area contributed by atoms with Crippen molar-refractivity contribution in [2.75, 3.05) is 18.0 Å². The molecular weight excluding hydrogens is 448 g/mol. The Kier molecular flexibility index (Phi) is 6.55. The summed E-state index contributed by atoms with van der Waals surface area (Å²) < 4.78 is 0. The van der Waals surface area contributed by atoms with Gasteiger partial charge in [0.1, 0.15) is 0 Å². The maximum Gasteiger partial charge on any atom is 0.226 e. The van der Waals surface area contributed by atoms with Crippen LogP contribution in [0.4, 0.5) is 5.69 Å². The van der Waals surface area contributed by atoms with Crippen molar-refractivity contribution in [1.29, 1.82) is 0 Å². The van der Waals surface area contributed by atoms with Crippen LogP contribution in [0.15, 0.2) is 48.7 Å². The number of para-hydroxylation sites is 1. The number of pyridine rings is 1. The summed E-state index contributed by atoms with van der Waals surface area (Å²) in [6.45, 7) is 4.49. The number of amides is 2. The van der Waals surface area contributed by atoms with Crippen molar-refractivity contribution in [3.05, 3.63) is 59.9 Å². The molecule has 2 saturated carbocycles. The summed E-state index contributed by atoms with van der Waals surface area (Å²) in [5, 5.41) is 0. The van der Waals surface area contributed by atoms with Crippen molar-refractivity contribution in [3.8, 4) is 0 Å². The lowest BCUT2D eigenvalue weighted by Crippen LogP contribution is -2.45. The fourth-order valence-electron chi connectivity index (χ4n) is 7.35. The molecule has 3 heterocycles. The van der Waals surface area contributed by atoms with Crippen molar-refractivity contribution in [1.82, 2.24) is 14.8 Å². The van der Waals surface area contributed by atoms with Crippen molar-refractivity contribution in [3.63, 3.8) is 0 Å². The van der Waals surface area contributed by atoms with E-state index < -0.39 is 0 Å². The van der Waals surface area contributed by atoms with E-state index in [2.05, 4.69) is 39.0 Å². The number of benzene rings is 1. The minimum Gasteiger partial charge on any atom is -0.336 e. The molecular formula is C30H38N4O2. The van der Waals surface area contributed by atoms with Crippen molar-refractivity contribution in [2.24, 2.45) is 17.8 Å². The molecule has 2 aliphatic carbocycles. The van der Waals surface area contributed by atoms with Crippen LogP contribution in [0.3, 0.4) is 0 Å². The average molecular weight is 487 g/mol. The first kappa shape index (κ1) is 23.7. The third kappa shape index (κ3) is 4.56. The van der Waals surface area contributed by atoms with Gasteiger partial charge in [0.15, 0.2) is 0 Å². The van der Waals surface area contributed by atoms with Crippen molar-refractivity contribution < 1.29 is 9.59 Å². The molecule has 6 heteroatoms. The zero-order chi connectivity index (χ0) is 24.6. The fourth-order valence-corrected chi connectivity index (χ4v) is 7.35. The van der Waals surface area contributed by atoms with Crippen molar-refractivity contribution >= 4 is 17.5 Å². The van der Waals surface area contributed by atoms with Crippen LogP contribution in [0.2, 0.25) is 0 Å². The van der Waals surface area contributed by atoms with Gasteiger partial charge in [-0.1, -0.05) is 37.1 Å². The topological polar surface area (TPSA) is 56.8 Å². The first-order valence-corrected chi connectivity index (χ1v) is 13.9. The molecule has 0 N–H and O–H groups in total. The molecule has 4 atom stereocenters. The second kappa shape index (κ2) is 9.97. The van der Waals surface area contributed by atoms with E-state index in [1.54, 1.807) is 6.92 Å². The maximum absolute atomic E-state index is 14.1. The lowest BCUT2D eigenvalue weighted by molar-refractivity contribution is -0.134. The van der Waals surface area contributed by atoms with E-state index in [0.29, 0.717) is 42.9 Å². The highest BCUT2D eigenvalue weighted by atomic mass is 16.2. The summed E-state index contributed by atoms with van der Waals surface area (Å²) in [6.07, 6.45) is 9.93. The molecule has 0 spiro atoms. The Morgan fingerprint density at radius 2 is 1.67 bits per heavy atom. The Morgan fingerprint density at radius 3 is 2.42 bits per heavy atom. The van der Waals surface area contributed by atoms with E-state index in [1.165, 1.54) is 25.7 Å². The van der Waals surface area contributed by atoms with Gasteiger partial charge in [0.2, 0.25) is 11.8 Å². The van der Waals surface area contributed by atoms with Crippen molar-refractivity contribution in [2.45, 2.75) is 77.0 Å². The third-order valence-corrected chi connectivity index (χ3v) is 9.24. The van der Waals surface area contributed by atoms with E-state index in [0.717, 1.165) is 49.3 Å². The van der Waals surface area contributed by atoms with Gasteiger partial charge in [0.25, 0.3) is 0 Å². The zero-order valence-electron chi connectivity index (χ0n) is 21.4. The average Bonchev–Trinajstić information content (AvgIpc) is 3.52. The largest absolute Gasteiger partial charge is 0.336 e. The van der Waals surface area contributed by atoms with Crippen LogP contribution >= 0.6 is 0 Å². The van der Waals surface area contributed by atoms with Gasteiger partial charge in [-0.15, -0.1) is 0 Å². The van der Waals surface area contributed by atoms with Gasteiger partial charge in [0, 0.05) is 63.0 Å². The number of carbonyl (C=O) groups is 2. The van der Waals surface area contributed by atoms with Crippen LogP contribution in [0.1, 0.15) is 63.1 Å². The monoisotopic (exact) mass is 486 g/mol. The molecule has 2 aromatic rings. The molecule has 1 aromatic heterocycles. The van der Waals surface area contributed by atoms with Gasteiger partial charge in [-0.3, -0.25) is 19.5 Å². The zero-order valence-corrected chi connectivity index (χ0v) is 21.4. The highest BCUT2D eigenvalue weighted by Crippen LogP contribution is 2.56. The van der Waals surface area contributed by atoms with E-state index in [-0.39, 0.29) is 11.8 Å². The predicted molar refractivity (Wildman–Crippen MR) is 140 cm³/mol. The molecule has 3 fully saturated rings. The van der Waals surface area contributed by atoms with Crippen LogP contribution in [0.5, 0.6) is 0 Å².